The molecule has 1 atom stereocenters. The number of hydrogen-bond donors (Lipinski definition) is 2. The van der Waals surface area contributed by atoms with Gasteiger partial charge in [0, 0.05) is 24.9 Å². The Morgan fingerprint density at radius 2 is 1.87 bits per heavy atom. The minimum atomic E-state index is -4.79. The Balaban J connectivity index is 1.55. The van der Waals surface area contributed by atoms with Crippen LogP contribution < -0.4 is 15.4 Å². The van der Waals surface area contributed by atoms with Crippen molar-refractivity contribution in [3.63, 3.8) is 0 Å². The first kappa shape index (κ1) is 22.6. The van der Waals surface area contributed by atoms with Gasteiger partial charge in [0.25, 0.3) is 0 Å². The fraction of sp³-hybridized carbons (Fsp3) is 0.364. The van der Waals surface area contributed by atoms with Crippen LogP contribution in [0.3, 0.4) is 0 Å². The van der Waals surface area contributed by atoms with Crippen molar-refractivity contribution in [3.05, 3.63) is 65.5 Å². The van der Waals surface area contributed by atoms with E-state index in [2.05, 4.69) is 15.4 Å². The quantitative estimate of drug-likeness (QED) is 0.612. The average molecular weight is 438 g/mol. The zero-order valence-electron chi connectivity index (χ0n) is 16.6. The van der Waals surface area contributed by atoms with Crippen molar-refractivity contribution in [2.75, 3.05) is 0 Å². The molecule has 9 heteroatoms. The third kappa shape index (κ3) is 6.97. The van der Waals surface area contributed by atoms with Crippen LogP contribution in [0, 0.1) is 5.82 Å². The molecule has 2 amide bonds. The SMILES string of the molecule is O=C(CC[C@]1(Cc2ccc(F)cc2)CCC(=O)N1)NCc1cccc(OC(F)(F)F)c1. The van der Waals surface area contributed by atoms with Crippen molar-refractivity contribution < 1.29 is 31.9 Å². The monoisotopic (exact) mass is 438 g/mol. The van der Waals surface area contributed by atoms with Gasteiger partial charge in [-0.05, 0) is 54.7 Å². The average Bonchev–Trinajstić information content (AvgIpc) is 3.06. The minimum Gasteiger partial charge on any atom is -0.406 e. The third-order valence-corrected chi connectivity index (χ3v) is 5.14. The van der Waals surface area contributed by atoms with Gasteiger partial charge in [-0.1, -0.05) is 24.3 Å². The fourth-order valence-corrected chi connectivity index (χ4v) is 3.67. The summed E-state index contributed by atoms with van der Waals surface area (Å²) in [4.78, 5) is 24.1. The molecule has 0 saturated carbocycles. The van der Waals surface area contributed by atoms with Gasteiger partial charge in [0.1, 0.15) is 11.6 Å². The van der Waals surface area contributed by atoms with E-state index < -0.39 is 11.9 Å². The number of amides is 2. The molecule has 31 heavy (non-hydrogen) atoms. The highest BCUT2D eigenvalue weighted by molar-refractivity contribution is 5.80. The molecule has 1 heterocycles. The van der Waals surface area contributed by atoms with E-state index in [0.29, 0.717) is 31.2 Å². The lowest BCUT2D eigenvalue weighted by Crippen LogP contribution is -2.44. The number of hydrogen-bond acceptors (Lipinski definition) is 3. The number of nitrogens with one attached hydrogen (secondary N) is 2. The normalized spacial score (nSPS) is 18.5. The summed E-state index contributed by atoms with van der Waals surface area (Å²) >= 11 is 0. The maximum atomic E-state index is 13.2. The van der Waals surface area contributed by atoms with Crippen LogP contribution in [-0.4, -0.2) is 23.7 Å². The molecular weight excluding hydrogens is 416 g/mol. The number of carbonyl (C=O) groups is 2. The Labute approximate surface area is 176 Å². The van der Waals surface area contributed by atoms with Gasteiger partial charge < -0.3 is 15.4 Å². The molecule has 166 valence electrons. The molecule has 0 radical (unpaired) electrons. The number of ether oxygens (including phenoxy) is 1. The summed E-state index contributed by atoms with van der Waals surface area (Å²) in [5.74, 6) is -1.09. The molecule has 0 bridgehead atoms. The molecule has 3 rings (SSSR count). The first-order chi connectivity index (χ1) is 14.6. The van der Waals surface area contributed by atoms with Crippen molar-refractivity contribution in [2.24, 2.45) is 0 Å². The van der Waals surface area contributed by atoms with E-state index in [9.17, 15) is 27.2 Å². The number of carbonyl (C=O) groups excluding carboxylic acids is 2. The standard InChI is InChI=1S/C22H22F4N2O3/c23-17-6-4-15(5-7-17)13-21(11-9-20(30)28-21)10-8-19(29)27-14-16-2-1-3-18(12-16)31-22(24,25)26/h1-7,12H,8-11,13-14H2,(H,27,29)(H,28,30)/t21-/m1/s1. The van der Waals surface area contributed by atoms with Gasteiger partial charge in [0.15, 0.2) is 0 Å². The van der Waals surface area contributed by atoms with Crippen LogP contribution in [0.2, 0.25) is 0 Å². The van der Waals surface area contributed by atoms with Gasteiger partial charge in [-0.25, -0.2) is 4.39 Å². The van der Waals surface area contributed by atoms with Gasteiger partial charge in [0.2, 0.25) is 11.8 Å². The van der Waals surface area contributed by atoms with E-state index in [0.717, 1.165) is 5.56 Å². The van der Waals surface area contributed by atoms with Crippen molar-refractivity contribution >= 4 is 11.8 Å². The van der Waals surface area contributed by atoms with Crippen LogP contribution in [0.1, 0.15) is 36.8 Å². The molecule has 0 aromatic heterocycles. The smallest absolute Gasteiger partial charge is 0.406 e. The topological polar surface area (TPSA) is 67.4 Å². The zero-order chi connectivity index (χ0) is 22.5. The second kappa shape index (κ2) is 9.36. The second-order valence-corrected chi connectivity index (χ2v) is 7.60. The number of alkyl halides is 3. The summed E-state index contributed by atoms with van der Waals surface area (Å²) in [6.45, 7) is 0.0468. The minimum absolute atomic E-state index is 0.0468. The van der Waals surface area contributed by atoms with Gasteiger partial charge in [-0.3, -0.25) is 9.59 Å². The summed E-state index contributed by atoms with van der Waals surface area (Å²) < 4.78 is 54.0. The summed E-state index contributed by atoms with van der Waals surface area (Å²) in [6.07, 6.45) is -2.88. The molecule has 1 fully saturated rings. The predicted molar refractivity (Wildman–Crippen MR) is 104 cm³/mol. The molecule has 2 aromatic rings. The molecule has 0 spiro atoms. The molecule has 5 nitrogen and oxygen atoms in total. The van der Waals surface area contributed by atoms with Crippen LogP contribution in [0.5, 0.6) is 5.75 Å². The van der Waals surface area contributed by atoms with Crippen molar-refractivity contribution in [1.29, 1.82) is 0 Å². The largest absolute Gasteiger partial charge is 0.573 e. The maximum Gasteiger partial charge on any atom is 0.573 e. The molecule has 0 unspecified atom stereocenters. The summed E-state index contributed by atoms with van der Waals surface area (Å²) in [5.41, 5.74) is 0.725. The zero-order valence-corrected chi connectivity index (χ0v) is 16.6. The Morgan fingerprint density at radius 1 is 1.13 bits per heavy atom. The first-order valence-electron chi connectivity index (χ1n) is 9.79. The van der Waals surface area contributed by atoms with Crippen molar-refractivity contribution in [1.82, 2.24) is 10.6 Å². The van der Waals surface area contributed by atoms with Crippen LogP contribution >= 0.6 is 0 Å². The Morgan fingerprint density at radius 3 is 2.52 bits per heavy atom. The number of halogens is 4. The lowest BCUT2D eigenvalue weighted by molar-refractivity contribution is -0.274. The van der Waals surface area contributed by atoms with E-state index in [1.165, 1.54) is 30.3 Å². The van der Waals surface area contributed by atoms with Gasteiger partial charge in [-0.2, -0.15) is 0 Å². The van der Waals surface area contributed by atoms with Gasteiger partial charge >= 0.3 is 6.36 Å². The molecule has 2 aromatic carbocycles. The molecule has 1 saturated heterocycles. The summed E-state index contributed by atoms with van der Waals surface area (Å²) in [7, 11) is 0. The highest BCUT2D eigenvalue weighted by Crippen LogP contribution is 2.30. The van der Waals surface area contributed by atoms with E-state index in [1.54, 1.807) is 18.2 Å². The summed E-state index contributed by atoms with van der Waals surface area (Å²) in [5, 5.41) is 5.63. The predicted octanol–water partition coefficient (Wildman–Crippen LogP) is 4.01. The number of benzene rings is 2. The molecule has 1 aliphatic heterocycles. The molecule has 2 N–H and O–H groups in total. The Bertz CT molecular complexity index is 931. The summed E-state index contributed by atoms with van der Waals surface area (Å²) in [6, 6.07) is 11.4. The van der Waals surface area contributed by atoms with Crippen LogP contribution in [0.15, 0.2) is 48.5 Å². The number of rotatable bonds is 8. The molecule has 1 aliphatic rings. The lowest BCUT2D eigenvalue weighted by atomic mass is 9.85. The second-order valence-electron chi connectivity index (χ2n) is 7.60. The van der Waals surface area contributed by atoms with E-state index in [4.69, 9.17) is 0 Å². The van der Waals surface area contributed by atoms with Crippen molar-refractivity contribution in [3.8, 4) is 5.75 Å². The van der Waals surface area contributed by atoms with E-state index in [-0.39, 0.29) is 36.3 Å². The van der Waals surface area contributed by atoms with Crippen LogP contribution in [0.25, 0.3) is 0 Å². The Kier molecular flexibility index (Phi) is 6.82. The van der Waals surface area contributed by atoms with E-state index >= 15 is 0 Å². The fourth-order valence-electron chi connectivity index (χ4n) is 3.67. The maximum absolute atomic E-state index is 13.2. The lowest BCUT2D eigenvalue weighted by Gasteiger charge is -2.29. The van der Waals surface area contributed by atoms with Crippen molar-refractivity contribution in [2.45, 2.75) is 50.6 Å². The highest BCUT2D eigenvalue weighted by atomic mass is 19.4. The highest BCUT2D eigenvalue weighted by Gasteiger charge is 2.37. The van der Waals surface area contributed by atoms with Gasteiger partial charge in [-0.15, -0.1) is 13.2 Å². The molecular formula is C22H22F4N2O3. The third-order valence-electron chi connectivity index (χ3n) is 5.14. The van der Waals surface area contributed by atoms with Crippen LogP contribution in [0.4, 0.5) is 17.6 Å². The molecule has 0 aliphatic carbocycles. The Hall–Kier alpha value is -3.10. The van der Waals surface area contributed by atoms with Gasteiger partial charge in [0.05, 0.1) is 0 Å². The van der Waals surface area contributed by atoms with E-state index in [1.807, 2.05) is 0 Å². The van der Waals surface area contributed by atoms with Crippen LogP contribution in [-0.2, 0) is 22.6 Å². The first-order valence-corrected chi connectivity index (χ1v) is 9.79.